The van der Waals surface area contributed by atoms with E-state index in [1.807, 2.05) is 11.2 Å². The standard InChI is InChI=1S/C22H30N6O4S/c1-4-6-19-24-14(3)20-22(30)25-21(26-28(19)20)17-11-16(7-8-18(17)32-5-2)33(31)27-12-15(13-27)23-9-10-29/h7-8,11,15,23,29H,4-6,9-10,12-13H2,1-3H3,(H,25,26,30). The van der Waals surface area contributed by atoms with Gasteiger partial charge in [-0.25, -0.2) is 18.0 Å². The number of aromatic amines is 1. The Balaban J connectivity index is 1.71. The van der Waals surface area contributed by atoms with Gasteiger partial charge in [0.2, 0.25) is 0 Å². The predicted molar refractivity (Wildman–Crippen MR) is 126 cm³/mol. The highest BCUT2D eigenvalue weighted by molar-refractivity contribution is 7.82. The van der Waals surface area contributed by atoms with Gasteiger partial charge < -0.3 is 20.1 Å². The maximum atomic E-state index is 13.1. The van der Waals surface area contributed by atoms with E-state index in [1.54, 1.807) is 29.6 Å². The summed E-state index contributed by atoms with van der Waals surface area (Å²) in [5.74, 6) is 1.63. The van der Waals surface area contributed by atoms with E-state index in [0.717, 1.165) is 12.2 Å². The molecule has 1 fully saturated rings. The summed E-state index contributed by atoms with van der Waals surface area (Å²) in [7, 11) is -1.36. The predicted octanol–water partition coefficient (Wildman–Crippen LogP) is 1.03. The smallest absolute Gasteiger partial charge is 0.277 e. The van der Waals surface area contributed by atoms with E-state index in [4.69, 9.17) is 9.84 Å². The third-order valence-electron chi connectivity index (χ3n) is 5.55. The molecule has 0 spiro atoms. The number of benzene rings is 1. The van der Waals surface area contributed by atoms with Gasteiger partial charge in [0.25, 0.3) is 5.56 Å². The monoisotopic (exact) mass is 474 g/mol. The molecule has 1 saturated heterocycles. The molecule has 1 atom stereocenters. The normalized spacial score (nSPS) is 15.6. The van der Waals surface area contributed by atoms with E-state index >= 15 is 0 Å². The summed E-state index contributed by atoms with van der Waals surface area (Å²) < 4.78 is 22.4. The summed E-state index contributed by atoms with van der Waals surface area (Å²) in [6.45, 7) is 8.04. The Bertz CT molecular complexity index is 1220. The molecule has 1 aromatic carbocycles. The summed E-state index contributed by atoms with van der Waals surface area (Å²) in [5, 5.41) is 16.8. The fraction of sp³-hybridized carbons (Fsp3) is 0.500. The second-order valence-electron chi connectivity index (χ2n) is 7.99. The maximum absolute atomic E-state index is 13.1. The Morgan fingerprint density at radius 3 is 2.82 bits per heavy atom. The number of fused-ring (bicyclic) bond motifs is 1. The summed E-state index contributed by atoms with van der Waals surface area (Å²) in [6.07, 6.45) is 1.58. The van der Waals surface area contributed by atoms with Crippen molar-refractivity contribution in [2.75, 3.05) is 32.8 Å². The molecule has 2 aromatic heterocycles. The first-order valence-corrected chi connectivity index (χ1v) is 12.3. The first-order chi connectivity index (χ1) is 16.0. The molecule has 3 aromatic rings. The number of nitrogens with zero attached hydrogens (tertiary/aromatic N) is 4. The highest BCUT2D eigenvalue weighted by Crippen LogP contribution is 2.31. The number of H-pyrrole nitrogens is 1. The number of aryl methyl sites for hydroxylation is 2. The SMILES string of the molecule is CCCc1nc(C)c2c(=O)[nH]c(-c3cc(S(=O)N4CC(NCCO)C4)ccc3OCC)nn12. The van der Waals surface area contributed by atoms with Crippen LogP contribution in [0.25, 0.3) is 16.9 Å². The Kier molecular flexibility index (Phi) is 7.23. The van der Waals surface area contributed by atoms with Gasteiger partial charge in [0, 0.05) is 32.1 Å². The first-order valence-electron chi connectivity index (χ1n) is 11.2. The largest absolute Gasteiger partial charge is 0.493 e. The molecule has 3 N–H and O–H groups in total. The molecule has 1 unspecified atom stereocenters. The molecule has 33 heavy (non-hydrogen) atoms. The van der Waals surface area contributed by atoms with Crippen LogP contribution in [0.5, 0.6) is 5.75 Å². The highest BCUT2D eigenvalue weighted by Gasteiger charge is 2.31. The van der Waals surface area contributed by atoms with Crippen LogP contribution in [0.2, 0.25) is 0 Å². The Morgan fingerprint density at radius 2 is 2.12 bits per heavy atom. The number of hydrogen-bond donors (Lipinski definition) is 3. The molecule has 0 saturated carbocycles. The van der Waals surface area contributed by atoms with Crippen molar-refractivity contribution in [2.24, 2.45) is 0 Å². The van der Waals surface area contributed by atoms with Crippen molar-refractivity contribution >= 4 is 16.5 Å². The van der Waals surface area contributed by atoms with Gasteiger partial charge in [0.1, 0.15) is 22.6 Å². The molecule has 0 aliphatic carbocycles. The molecule has 11 heteroatoms. The number of aromatic nitrogens is 4. The van der Waals surface area contributed by atoms with Crippen molar-refractivity contribution in [3.05, 3.63) is 40.1 Å². The maximum Gasteiger partial charge on any atom is 0.277 e. The van der Waals surface area contributed by atoms with Crippen LogP contribution < -0.4 is 15.6 Å². The van der Waals surface area contributed by atoms with Gasteiger partial charge in [-0.1, -0.05) is 6.92 Å². The van der Waals surface area contributed by atoms with Crippen molar-refractivity contribution < 1.29 is 14.1 Å². The lowest BCUT2D eigenvalue weighted by Gasteiger charge is -2.38. The first kappa shape index (κ1) is 23.6. The number of rotatable bonds is 10. The molecule has 10 nitrogen and oxygen atoms in total. The van der Waals surface area contributed by atoms with Gasteiger partial charge in [-0.05, 0) is 38.5 Å². The number of aliphatic hydroxyl groups is 1. The fourth-order valence-electron chi connectivity index (χ4n) is 3.95. The van der Waals surface area contributed by atoms with Gasteiger partial charge in [0.05, 0.1) is 29.4 Å². The van der Waals surface area contributed by atoms with Crippen LogP contribution in [-0.2, 0) is 17.4 Å². The molecule has 0 bridgehead atoms. The number of hydrogen-bond acceptors (Lipinski definition) is 7. The van der Waals surface area contributed by atoms with Gasteiger partial charge in [-0.15, -0.1) is 5.10 Å². The third-order valence-corrected chi connectivity index (χ3v) is 6.98. The van der Waals surface area contributed by atoms with Gasteiger partial charge in [0.15, 0.2) is 11.3 Å². The quantitative estimate of drug-likeness (QED) is 0.401. The van der Waals surface area contributed by atoms with Crippen molar-refractivity contribution in [1.82, 2.24) is 29.2 Å². The van der Waals surface area contributed by atoms with E-state index in [1.165, 1.54) is 0 Å². The topological polar surface area (TPSA) is 125 Å². The Morgan fingerprint density at radius 1 is 1.33 bits per heavy atom. The lowest BCUT2D eigenvalue weighted by Crippen LogP contribution is -2.58. The molecular weight excluding hydrogens is 444 g/mol. The van der Waals surface area contributed by atoms with Crippen LogP contribution in [-0.4, -0.2) is 72.1 Å². The highest BCUT2D eigenvalue weighted by atomic mass is 32.2. The average molecular weight is 475 g/mol. The molecule has 1 aliphatic rings. The molecule has 0 amide bonds. The number of nitrogens with one attached hydrogen (secondary N) is 2. The molecule has 3 heterocycles. The zero-order valence-electron chi connectivity index (χ0n) is 19.1. The van der Waals surface area contributed by atoms with Crippen LogP contribution in [0, 0.1) is 6.92 Å². The number of ether oxygens (including phenoxy) is 1. The zero-order chi connectivity index (χ0) is 23.5. The van der Waals surface area contributed by atoms with Crippen molar-refractivity contribution in [3.63, 3.8) is 0 Å². The summed E-state index contributed by atoms with van der Waals surface area (Å²) in [6, 6.07) is 5.52. The van der Waals surface area contributed by atoms with Crippen LogP contribution in [0.3, 0.4) is 0 Å². The Hall–Kier alpha value is -2.60. The summed E-state index contributed by atoms with van der Waals surface area (Å²) in [4.78, 5) is 20.9. The van der Waals surface area contributed by atoms with E-state index in [0.29, 0.717) is 65.9 Å². The van der Waals surface area contributed by atoms with E-state index in [9.17, 15) is 9.00 Å². The van der Waals surface area contributed by atoms with Crippen LogP contribution in [0.1, 0.15) is 31.8 Å². The summed E-state index contributed by atoms with van der Waals surface area (Å²) in [5.41, 5.74) is 1.37. The molecule has 4 rings (SSSR count). The van der Waals surface area contributed by atoms with Crippen LogP contribution in [0.15, 0.2) is 27.9 Å². The minimum absolute atomic E-state index is 0.0772. The van der Waals surface area contributed by atoms with E-state index in [2.05, 4.69) is 27.3 Å². The zero-order valence-corrected chi connectivity index (χ0v) is 19.9. The number of aliphatic hydroxyl groups excluding tert-OH is 1. The molecule has 0 radical (unpaired) electrons. The van der Waals surface area contributed by atoms with Crippen molar-refractivity contribution in [2.45, 2.75) is 44.6 Å². The van der Waals surface area contributed by atoms with Crippen LogP contribution in [0.4, 0.5) is 0 Å². The van der Waals surface area contributed by atoms with Gasteiger partial charge in [-0.3, -0.25) is 4.79 Å². The second kappa shape index (κ2) is 10.1. The second-order valence-corrected chi connectivity index (χ2v) is 9.47. The van der Waals surface area contributed by atoms with Gasteiger partial charge in [-0.2, -0.15) is 0 Å². The third kappa shape index (κ3) is 4.72. The summed E-state index contributed by atoms with van der Waals surface area (Å²) >= 11 is 0. The lowest BCUT2D eigenvalue weighted by atomic mass is 10.2. The van der Waals surface area contributed by atoms with Crippen molar-refractivity contribution in [1.29, 1.82) is 0 Å². The lowest BCUT2D eigenvalue weighted by molar-refractivity contribution is 0.215. The fourth-order valence-corrected chi connectivity index (χ4v) is 5.28. The molecule has 178 valence electrons. The minimum atomic E-state index is -1.36. The molecular formula is C22H30N6O4S. The van der Waals surface area contributed by atoms with Gasteiger partial charge >= 0.3 is 0 Å². The average Bonchev–Trinajstić information content (AvgIpc) is 3.09. The minimum Gasteiger partial charge on any atom is -0.493 e. The molecule has 1 aliphatic heterocycles. The Labute approximate surface area is 194 Å². The van der Waals surface area contributed by atoms with Crippen molar-refractivity contribution in [3.8, 4) is 17.1 Å². The van der Waals surface area contributed by atoms with E-state index in [-0.39, 0.29) is 18.2 Å². The van der Waals surface area contributed by atoms with Crippen LogP contribution >= 0.6 is 0 Å². The van der Waals surface area contributed by atoms with E-state index < -0.39 is 11.0 Å². The number of imidazole rings is 1.